The number of nitrogens with one attached hydrogen (secondary N) is 1. The summed E-state index contributed by atoms with van der Waals surface area (Å²) in [7, 11) is 1.60. The van der Waals surface area contributed by atoms with E-state index in [0.29, 0.717) is 24.9 Å². The molecule has 1 aromatic rings. The van der Waals surface area contributed by atoms with E-state index >= 15 is 0 Å². The Labute approximate surface area is 129 Å². The fourth-order valence-corrected chi connectivity index (χ4v) is 2.03. The highest BCUT2D eigenvalue weighted by molar-refractivity contribution is 5.75. The lowest BCUT2D eigenvalue weighted by molar-refractivity contribution is -0.130. The molecule has 0 spiro atoms. The van der Waals surface area contributed by atoms with Crippen molar-refractivity contribution in [2.24, 2.45) is 0 Å². The predicted molar refractivity (Wildman–Crippen MR) is 80.0 cm³/mol. The summed E-state index contributed by atoms with van der Waals surface area (Å²) in [4.78, 5) is 24.0. The van der Waals surface area contributed by atoms with Crippen molar-refractivity contribution >= 4 is 11.8 Å². The van der Waals surface area contributed by atoms with Gasteiger partial charge in [0.05, 0.1) is 0 Å². The molecule has 0 fully saturated rings. The van der Waals surface area contributed by atoms with E-state index in [1.54, 1.807) is 7.05 Å². The van der Waals surface area contributed by atoms with E-state index in [9.17, 15) is 18.4 Å². The molecule has 0 heterocycles. The Bertz CT molecular complexity index is 521. The van der Waals surface area contributed by atoms with Crippen LogP contribution in [-0.2, 0) is 16.1 Å². The SMILES string of the molecule is CC(=O)NCCCCCC(=O)N(C)Cc1ccc(F)cc1F. The van der Waals surface area contributed by atoms with E-state index in [1.165, 1.54) is 24.0 Å². The standard InChI is InChI=1S/C16H22F2N2O2/c1-12(21)19-9-5-3-4-6-16(22)20(2)11-13-7-8-14(17)10-15(13)18/h7-8,10H,3-6,9,11H2,1-2H3,(H,19,21). The van der Waals surface area contributed by atoms with Crippen molar-refractivity contribution in [2.75, 3.05) is 13.6 Å². The zero-order chi connectivity index (χ0) is 16.5. The molecule has 0 aliphatic carbocycles. The molecule has 1 rings (SSSR count). The molecular formula is C16H22F2N2O2. The summed E-state index contributed by atoms with van der Waals surface area (Å²) in [5.41, 5.74) is 0.294. The molecule has 6 heteroatoms. The van der Waals surface area contributed by atoms with Gasteiger partial charge in [0.1, 0.15) is 11.6 Å². The molecule has 0 saturated carbocycles. The Hall–Kier alpha value is -1.98. The summed E-state index contributed by atoms with van der Waals surface area (Å²) in [6, 6.07) is 3.34. The van der Waals surface area contributed by atoms with Crippen LogP contribution in [-0.4, -0.2) is 30.3 Å². The molecule has 1 N–H and O–H groups in total. The highest BCUT2D eigenvalue weighted by Gasteiger charge is 2.12. The molecule has 0 bridgehead atoms. The second-order valence-corrected chi connectivity index (χ2v) is 5.28. The molecule has 0 unspecified atom stereocenters. The number of hydrogen-bond donors (Lipinski definition) is 1. The number of carbonyl (C=O) groups is 2. The monoisotopic (exact) mass is 312 g/mol. The number of amides is 2. The number of hydrogen-bond acceptors (Lipinski definition) is 2. The molecule has 0 aromatic heterocycles. The van der Waals surface area contributed by atoms with Gasteiger partial charge < -0.3 is 10.2 Å². The maximum absolute atomic E-state index is 13.5. The Kier molecular flexibility index (Phi) is 7.49. The van der Waals surface area contributed by atoms with Gasteiger partial charge in [-0.25, -0.2) is 8.78 Å². The summed E-state index contributed by atoms with van der Waals surface area (Å²) < 4.78 is 26.3. The van der Waals surface area contributed by atoms with Crippen molar-refractivity contribution in [1.82, 2.24) is 10.2 Å². The van der Waals surface area contributed by atoms with Gasteiger partial charge in [0.15, 0.2) is 0 Å². The average molecular weight is 312 g/mol. The van der Waals surface area contributed by atoms with Gasteiger partial charge in [-0.15, -0.1) is 0 Å². The number of rotatable bonds is 8. The Morgan fingerprint density at radius 1 is 1.18 bits per heavy atom. The molecule has 4 nitrogen and oxygen atoms in total. The van der Waals surface area contributed by atoms with Crippen LogP contribution in [0.1, 0.15) is 38.2 Å². The minimum Gasteiger partial charge on any atom is -0.356 e. The van der Waals surface area contributed by atoms with E-state index in [1.807, 2.05) is 0 Å². The first-order valence-corrected chi connectivity index (χ1v) is 7.32. The van der Waals surface area contributed by atoms with Crippen LogP contribution < -0.4 is 5.32 Å². The van der Waals surface area contributed by atoms with Gasteiger partial charge in [0.25, 0.3) is 0 Å². The third kappa shape index (κ3) is 6.65. The van der Waals surface area contributed by atoms with Crippen LogP contribution in [0.25, 0.3) is 0 Å². The number of carbonyl (C=O) groups excluding carboxylic acids is 2. The van der Waals surface area contributed by atoms with Crippen LogP contribution in [0.2, 0.25) is 0 Å². The van der Waals surface area contributed by atoms with Gasteiger partial charge in [0, 0.05) is 45.1 Å². The van der Waals surface area contributed by atoms with Crippen LogP contribution >= 0.6 is 0 Å². The lowest BCUT2D eigenvalue weighted by Gasteiger charge is -2.17. The zero-order valence-corrected chi connectivity index (χ0v) is 13.0. The van der Waals surface area contributed by atoms with Crippen LogP contribution in [0, 0.1) is 11.6 Å². The summed E-state index contributed by atoms with van der Waals surface area (Å²) in [6.45, 7) is 2.20. The third-order valence-corrected chi connectivity index (χ3v) is 3.29. The first-order chi connectivity index (χ1) is 10.4. The van der Waals surface area contributed by atoms with Crippen LogP contribution in [0.4, 0.5) is 8.78 Å². The highest BCUT2D eigenvalue weighted by atomic mass is 19.1. The van der Waals surface area contributed by atoms with Crippen molar-refractivity contribution in [3.63, 3.8) is 0 Å². The molecule has 122 valence electrons. The van der Waals surface area contributed by atoms with Crippen molar-refractivity contribution in [1.29, 1.82) is 0 Å². The lowest BCUT2D eigenvalue weighted by atomic mass is 10.1. The summed E-state index contributed by atoms with van der Waals surface area (Å²) in [6.07, 6.45) is 2.75. The third-order valence-electron chi connectivity index (χ3n) is 3.29. The topological polar surface area (TPSA) is 49.4 Å². The minimum absolute atomic E-state index is 0.0582. The molecule has 0 atom stereocenters. The summed E-state index contributed by atoms with van der Waals surface area (Å²) >= 11 is 0. The largest absolute Gasteiger partial charge is 0.356 e. The number of unbranched alkanes of at least 4 members (excludes halogenated alkanes) is 2. The van der Waals surface area contributed by atoms with Crippen LogP contribution in [0.5, 0.6) is 0 Å². The van der Waals surface area contributed by atoms with Crippen molar-refractivity contribution in [3.05, 3.63) is 35.4 Å². The molecule has 0 saturated heterocycles. The first-order valence-electron chi connectivity index (χ1n) is 7.32. The molecular weight excluding hydrogens is 290 g/mol. The smallest absolute Gasteiger partial charge is 0.222 e. The number of benzene rings is 1. The number of nitrogens with zero attached hydrogens (tertiary/aromatic N) is 1. The molecule has 0 radical (unpaired) electrons. The predicted octanol–water partition coefficient (Wildman–Crippen LogP) is 2.62. The van der Waals surface area contributed by atoms with Crippen molar-refractivity contribution in [2.45, 2.75) is 39.2 Å². The normalized spacial score (nSPS) is 10.4. The summed E-state index contributed by atoms with van der Waals surface area (Å²) in [5.74, 6) is -1.41. The van der Waals surface area contributed by atoms with Gasteiger partial charge >= 0.3 is 0 Å². The van der Waals surface area contributed by atoms with E-state index in [0.717, 1.165) is 18.9 Å². The maximum atomic E-state index is 13.5. The molecule has 1 aromatic carbocycles. The highest BCUT2D eigenvalue weighted by Crippen LogP contribution is 2.12. The van der Waals surface area contributed by atoms with E-state index in [-0.39, 0.29) is 18.4 Å². The lowest BCUT2D eigenvalue weighted by Crippen LogP contribution is -2.26. The Balaban J connectivity index is 2.28. The van der Waals surface area contributed by atoms with Gasteiger partial charge in [-0.2, -0.15) is 0 Å². The van der Waals surface area contributed by atoms with Crippen molar-refractivity contribution in [3.8, 4) is 0 Å². The van der Waals surface area contributed by atoms with Gasteiger partial charge in [-0.3, -0.25) is 9.59 Å². The molecule has 2 amide bonds. The van der Waals surface area contributed by atoms with Crippen LogP contribution in [0.3, 0.4) is 0 Å². The van der Waals surface area contributed by atoms with Crippen LogP contribution in [0.15, 0.2) is 18.2 Å². The van der Waals surface area contributed by atoms with Crippen molar-refractivity contribution < 1.29 is 18.4 Å². The molecule has 0 aliphatic heterocycles. The number of halogens is 2. The summed E-state index contributed by atoms with van der Waals surface area (Å²) in [5, 5.41) is 2.69. The fourth-order valence-electron chi connectivity index (χ4n) is 2.03. The Morgan fingerprint density at radius 3 is 2.55 bits per heavy atom. The van der Waals surface area contributed by atoms with Gasteiger partial charge in [-0.1, -0.05) is 12.5 Å². The second-order valence-electron chi connectivity index (χ2n) is 5.28. The second kappa shape index (κ2) is 9.12. The van der Waals surface area contributed by atoms with E-state index < -0.39 is 11.6 Å². The molecule has 0 aliphatic rings. The van der Waals surface area contributed by atoms with E-state index in [2.05, 4.69) is 5.32 Å². The zero-order valence-electron chi connectivity index (χ0n) is 13.0. The van der Waals surface area contributed by atoms with E-state index in [4.69, 9.17) is 0 Å². The fraction of sp³-hybridized carbons (Fsp3) is 0.500. The van der Waals surface area contributed by atoms with Gasteiger partial charge in [0.2, 0.25) is 11.8 Å². The van der Waals surface area contributed by atoms with Gasteiger partial charge in [-0.05, 0) is 18.9 Å². The molecule has 22 heavy (non-hydrogen) atoms. The quantitative estimate of drug-likeness (QED) is 0.750. The minimum atomic E-state index is -0.644. The average Bonchev–Trinajstić information content (AvgIpc) is 2.45. The first kappa shape index (κ1) is 18.1. The maximum Gasteiger partial charge on any atom is 0.222 e. The Morgan fingerprint density at radius 2 is 1.91 bits per heavy atom.